The summed E-state index contributed by atoms with van der Waals surface area (Å²) in [6.07, 6.45) is 1.53. The van der Waals surface area contributed by atoms with E-state index in [4.69, 9.17) is 14.2 Å². The molecule has 0 fully saturated rings. The van der Waals surface area contributed by atoms with Gasteiger partial charge in [-0.3, -0.25) is 4.79 Å². The van der Waals surface area contributed by atoms with Crippen LogP contribution >= 0.6 is 0 Å². The highest BCUT2D eigenvalue weighted by Gasteiger charge is 2.10. The van der Waals surface area contributed by atoms with Crippen LogP contribution in [0, 0.1) is 0 Å². The fraction of sp³-hybridized carbons (Fsp3) is 0.391. The van der Waals surface area contributed by atoms with Gasteiger partial charge in [0, 0.05) is 6.54 Å². The van der Waals surface area contributed by atoms with Crippen molar-refractivity contribution in [1.29, 1.82) is 0 Å². The van der Waals surface area contributed by atoms with Gasteiger partial charge in [-0.15, -0.1) is 0 Å². The second kappa shape index (κ2) is 11.7. The van der Waals surface area contributed by atoms with E-state index in [0.29, 0.717) is 43.2 Å². The monoisotopic (exact) mass is 399 g/mol. The second-order valence-electron chi connectivity index (χ2n) is 6.37. The topological polar surface area (TPSA) is 73.9 Å². The predicted molar refractivity (Wildman–Crippen MR) is 112 cm³/mol. The first-order valence-corrected chi connectivity index (χ1v) is 9.98. The zero-order valence-electron chi connectivity index (χ0n) is 17.3. The van der Waals surface area contributed by atoms with Crippen LogP contribution in [-0.4, -0.2) is 38.2 Å². The normalized spacial score (nSPS) is 10.3. The van der Waals surface area contributed by atoms with Crippen molar-refractivity contribution in [2.45, 2.75) is 33.6 Å². The van der Waals surface area contributed by atoms with Gasteiger partial charge in [0.2, 0.25) is 0 Å². The average Bonchev–Trinajstić information content (AvgIpc) is 2.74. The molecule has 0 spiro atoms. The third-order valence-electron chi connectivity index (χ3n) is 4.28. The Hall–Kier alpha value is -3.02. The van der Waals surface area contributed by atoms with Crippen molar-refractivity contribution in [3.05, 3.63) is 59.2 Å². The number of carbonyl (C=O) groups excluding carboxylic acids is 2. The minimum atomic E-state index is -0.504. The molecule has 0 atom stereocenters. The number of rotatable bonds is 11. The zero-order valence-corrected chi connectivity index (χ0v) is 17.3. The summed E-state index contributed by atoms with van der Waals surface area (Å²) in [7, 11) is 0. The average molecular weight is 399 g/mol. The van der Waals surface area contributed by atoms with Crippen molar-refractivity contribution in [1.82, 2.24) is 5.32 Å². The van der Waals surface area contributed by atoms with E-state index in [2.05, 4.69) is 5.32 Å². The number of ether oxygens (including phenoxy) is 3. The molecule has 0 unspecified atom stereocenters. The van der Waals surface area contributed by atoms with E-state index < -0.39 is 5.97 Å². The van der Waals surface area contributed by atoms with Gasteiger partial charge in [0.05, 0.1) is 18.8 Å². The number of hydrogen-bond acceptors (Lipinski definition) is 5. The first-order valence-electron chi connectivity index (χ1n) is 9.98. The van der Waals surface area contributed by atoms with E-state index in [9.17, 15) is 9.59 Å². The highest BCUT2D eigenvalue weighted by molar-refractivity contribution is 5.91. The lowest BCUT2D eigenvalue weighted by Crippen LogP contribution is -2.30. The van der Waals surface area contributed by atoms with E-state index in [0.717, 1.165) is 17.5 Å². The molecule has 1 amide bonds. The van der Waals surface area contributed by atoms with Crippen LogP contribution in [0.25, 0.3) is 0 Å². The van der Waals surface area contributed by atoms with Crippen molar-refractivity contribution >= 4 is 11.9 Å². The van der Waals surface area contributed by atoms with Gasteiger partial charge in [-0.1, -0.05) is 25.1 Å². The minimum Gasteiger partial charge on any atom is -0.490 e. The van der Waals surface area contributed by atoms with Crippen LogP contribution in [0.3, 0.4) is 0 Å². The molecular weight excluding hydrogens is 370 g/mol. The smallest absolute Gasteiger partial charge is 0.338 e. The number of amides is 1. The Bertz CT molecular complexity index is 801. The maximum absolute atomic E-state index is 12.0. The molecule has 0 aromatic heterocycles. The molecule has 156 valence electrons. The highest BCUT2D eigenvalue weighted by atomic mass is 16.5. The van der Waals surface area contributed by atoms with Crippen molar-refractivity contribution in [3.8, 4) is 11.5 Å². The zero-order chi connectivity index (χ0) is 21.1. The molecule has 0 aliphatic carbocycles. The summed E-state index contributed by atoms with van der Waals surface area (Å²) in [6.45, 7) is 7.13. The number of carbonyl (C=O) groups is 2. The summed E-state index contributed by atoms with van der Waals surface area (Å²) in [5, 5.41) is 2.76. The third kappa shape index (κ3) is 7.14. The predicted octanol–water partition coefficient (Wildman–Crippen LogP) is 3.56. The maximum atomic E-state index is 12.0. The quantitative estimate of drug-likeness (QED) is 0.585. The molecule has 6 nitrogen and oxygen atoms in total. The first kappa shape index (κ1) is 22.3. The van der Waals surface area contributed by atoms with E-state index in [1.165, 1.54) is 0 Å². The lowest BCUT2D eigenvalue weighted by atomic mass is 10.1. The maximum Gasteiger partial charge on any atom is 0.338 e. The highest BCUT2D eigenvalue weighted by Crippen LogP contribution is 2.28. The molecule has 1 N–H and O–H groups in total. The number of esters is 1. The Morgan fingerprint density at radius 3 is 2.17 bits per heavy atom. The lowest BCUT2D eigenvalue weighted by Gasteiger charge is -2.12. The molecule has 2 aromatic rings. The van der Waals surface area contributed by atoms with E-state index in [1.807, 2.05) is 51.1 Å². The fourth-order valence-corrected chi connectivity index (χ4v) is 2.74. The third-order valence-corrected chi connectivity index (χ3v) is 4.28. The molecule has 0 saturated carbocycles. The molecule has 0 heterocycles. The summed E-state index contributed by atoms with van der Waals surface area (Å²) in [5.74, 6) is 0.567. The Balaban J connectivity index is 1.77. The van der Waals surface area contributed by atoms with Gasteiger partial charge in [0.15, 0.2) is 18.1 Å². The number of hydrogen-bond donors (Lipinski definition) is 1. The Morgan fingerprint density at radius 1 is 0.862 bits per heavy atom. The number of nitrogens with one attached hydrogen (secondary N) is 1. The Kier molecular flexibility index (Phi) is 9.02. The van der Waals surface area contributed by atoms with Gasteiger partial charge in [-0.25, -0.2) is 4.79 Å². The molecule has 2 aromatic carbocycles. The lowest BCUT2D eigenvalue weighted by molar-refractivity contribution is -0.124. The van der Waals surface area contributed by atoms with E-state index in [1.54, 1.807) is 12.1 Å². The van der Waals surface area contributed by atoms with E-state index >= 15 is 0 Å². The van der Waals surface area contributed by atoms with Gasteiger partial charge in [-0.2, -0.15) is 0 Å². The summed E-state index contributed by atoms with van der Waals surface area (Å²) < 4.78 is 16.2. The van der Waals surface area contributed by atoms with Gasteiger partial charge in [0.25, 0.3) is 5.91 Å². The number of benzene rings is 2. The summed E-state index contributed by atoms with van der Waals surface area (Å²) >= 11 is 0. The molecule has 0 radical (unpaired) electrons. The van der Waals surface area contributed by atoms with Crippen LogP contribution in [0.15, 0.2) is 42.5 Å². The summed E-state index contributed by atoms with van der Waals surface area (Å²) in [4.78, 5) is 23.9. The molecule has 0 aliphatic heterocycles. The second-order valence-corrected chi connectivity index (χ2v) is 6.37. The van der Waals surface area contributed by atoms with Crippen LogP contribution in [0.1, 0.15) is 42.3 Å². The molecule has 6 heteroatoms. The largest absolute Gasteiger partial charge is 0.490 e. The van der Waals surface area contributed by atoms with Gasteiger partial charge >= 0.3 is 5.97 Å². The molecular formula is C23H29NO5. The molecule has 0 aliphatic rings. The van der Waals surface area contributed by atoms with Gasteiger partial charge < -0.3 is 19.5 Å². The van der Waals surface area contributed by atoms with Crippen LogP contribution in [0.4, 0.5) is 0 Å². The summed E-state index contributed by atoms with van der Waals surface area (Å²) in [6, 6.07) is 12.9. The van der Waals surface area contributed by atoms with Crippen molar-refractivity contribution in [2.75, 3.05) is 26.4 Å². The van der Waals surface area contributed by atoms with Gasteiger partial charge in [0.1, 0.15) is 0 Å². The minimum absolute atomic E-state index is 0.304. The molecule has 0 saturated heterocycles. The molecule has 2 rings (SSSR count). The van der Waals surface area contributed by atoms with Crippen molar-refractivity contribution in [2.24, 2.45) is 0 Å². The first-order chi connectivity index (χ1) is 14.1. The Labute approximate surface area is 172 Å². The van der Waals surface area contributed by atoms with Crippen LogP contribution in [0.2, 0.25) is 0 Å². The molecule has 29 heavy (non-hydrogen) atoms. The standard InChI is InChI=1S/C23H29NO5/c1-4-17-7-10-19(11-8-17)23(26)29-16-22(25)24-14-13-18-9-12-20(27-5-2)21(15-18)28-6-3/h7-12,15H,4-6,13-14,16H2,1-3H3,(H,24,25). The Morgan fingerprint density at radius 2 is 1.52 bits per heavy atom. The van der Waals surface area contributed by atoms with Crippen molar-refractivity contribution < 1.29 is 23.8 Å². The summed E-state index contributed by atoms with van der Waals surface area (Å²) in [5.41, 5.74) is 2.60. The van der Waals surface area contributed by atoms with Crippen LogP contribution in [-0.2, 0) is 22.4 Å². The fourth-order valence-electron chi connectivity index (χ4n) is 2.74. The SMILES string of the molecule is CCOc1ccc(CCNC(=O)COC(=O)c2ccc(CC)cc2)cc1OCC. The van der Waals surface area contributed by atoms with E-state index in [-0.39, 0.29) is 12.5 Å². The number of aryl methyl sites for hydroxylation is 1. The van der Waals surface area contributed by atoms with Crippen LogP contribution in [0.5, 0.6) is 11.5 Å². The van der Waals surface area contributed by atoms with Gasteiger partial charge in [-0.05, 0) is 62.1 Å². The molecule has 0 bridgehead atoms. The van der Waals surface area contributed by atoms with Crippen LogP contribution < -0.4 is 14.8 Å². The van der Waals surface area contributed by atoms with Crippen molar-refractivity contribution in [3.63, 3.8) is 0 Å².